The number of esters is 1. The molecule has 44 heavy (non-hydrogen) atoms. The predicted octanol–water partition coefficient (Wildman–Crippen LogP) is 6.80. The van der Waals surface area contributed by atoms with Gasteiger partial charge in [0.1, 0.15) is 6.61 Å². The first-order valence-electron chi connectivity index (χ1n) is 13.9. The molecule has 1 aliphatic heterocycles. The van der Waals surface area contributed by atoms with Gasteiger partial charge in [-0.05, 0) is 80.6 Å². The Morgan fingerprint density at radius 2 is 1.80 bits per heavy atom. The number of carbonyl (C=O) groups is 1. The van der Waals surface area contributed by atoms with Crippen molar-refractivity contribution in [2.75, 3.05) is 19.5 Å². The van der Waals surface area contributed by atoms with E-state index in [9.17, 15) is 9.59 Å². The number of thioether (sulfide) groups is 1. The fourth-order valence-corrected chi connectivity index (χ4v) is 6.76. The van der Waals surface area contributed by atoms with Gasteiger partial charge in [0.25, 0.3) is 5.56 Å². The minimum absolute atomic E-state index is 0.215. The van der Waals surface area contributed by atoms with Crippen LogP contribution in [0.5, 0.6) is 11.5 Å². The summed E-state index contributed by atoms with van der Waals surface area (Å²) >= 11 is 15.2. The molecular formula is C33H30Cl2N2O5S2. The second-order valence-electron chi connectivity index (χ2n) is 9.74. The molecule has 228 valence electrons. The molecule has 0 saturated carbocycles. The van der Waals surface area contributed by atoms with Gasteiger partial charge in [-0.25, -0.2) is 9.79 Å². The zero-order valence-electron chi connectivity index (χ0n) is 24.6. The van der Waals surface area contributed by atoms with Gasteiger partial charge in [0, 0.05) is 20.5 Å². The van der Waals surface area contributed by atoms with Crippen molar-refractivity contribution >= 4 is 58.3 Å². The van der Waals surface area contributed by atoms with Gasteiger partial charge in [-0.15, -0.1) is 11.8 Å². The maximum atomic E-state index is 14.0. The fraction of sp³-hybridized carbons (Fsp3) is 0.242. The van der Waals surface area contributed by atoms with Crippen molar-refractivity contribution in [1.29, 1.82) is 0 Å². The number of thiazole rings is 1. The molecule has 0 N–H and O–H groups in total. The van der Waals surface area contributed by atoms with Crippen molar-refractivity contribution in [3.8, 4) is 11.5 Å². The quantitative estimate of drug-likeness (QED) is 0.137. The first-order valence-corrected chi connectivity index (χ1v) is 16.7. The summed E-state index contributed by atoms with van der Waals surface area (Å²) in [4.78, 5) is 33.4. The number of carbonyl (C=O) groups excluding carboxylic acids is 1. The molecule has 1 aromatic heterocycles. The van der Waals surface area contributed by atoms with Crippen molar-refractivity contribution in [1.82, 2.24) is 4.57 Å². The zero-order chi connectivity index (χ0) is 31.4. The van der Waals surface area contributed by atoms with E-state index in [0.717, 1.165) is 21.6 Å². The third-order valence-corrected chi connectivity index (χ3v) is 9.23. The second-order valence-corrected chi connectivity index (χ2v) is 12.5. The van der Waals surface area contributed by atoms with Crippen LogP contribution in [-0.4, -0.2) is 30.0 Å². The van der Waals surface area contributed by atoms with Crippen molar-refractivity contribution in [3.05, 3.63) is 118 Å². The summed E-state index contributed by atoms with van der Waals surface area (Å²) in [5.74, 6) is 0.588. The molecule has 7 nitrogen and oxygen atoms in total. The average Bonchev–Trinajstić information content (AvgIpc) is 3.30. The summed E-state index contributed by atoms with van der Waals surface area (Å²) in [6.45, 7) is 6.29. The van der Waals surface area contributed by atoms with E-state index in [2.05, 4.69) is 4.99 Å². The lowest BCUT2D eigenvalue weighted by Crippen LogP contribution is -2.39. The number of halogens is 2. The van der Waals surface area contributed by atoms with Crippen LogP contribution in [-0.2, 0) is 16.1 Å². The molecule has 2 heterocycles. The van der Waals surface area contributed by atoms with Crippen molar-refractivity contribution in [3.63, 3.8) is 0 Å². The van der Waals surface area contributed by atoms with Crippen LogP contribution >= 0.6 is 46.3 Å². The number of aromatic nitrogens is 1. The SMILES string of the molecule is CCOC(=O)C1=C(C)N=c2s/c(=C\c3ccc(OCc4ccc(Cl)cc4Cl)c(OCC)c3)c(=O)n2[C@@H]1c1ccc(SC)cc1. The Balaban J connectivity index is 1.54. The molecule has 0 fully saturated rings. The van der Waals surface area contributed by atoms with Crippen LogP contribution in [0, 0.1) is 0 Å². The molecule has 0 bridgehead atoms. The normalized spacial score (nSPS) is 14.7. The van der Waals surface area contributed by atoms with E-state index in [4.69, 9.17) is 37.4 Å². The molecule has 0 aliphatic carbocycles. The highest BCUT2D eigenvalue weighted by atomic mass is 35.5. The number of hydrogen-bond donors (Lipinski definition) is 0. The Morgan fingerprint density at radius 1 is 1.02 bits per heavy atom. The number of ether oxygens (including phenoxy) is 3. The van der Waals surface area contributed by atoms with E-state index < -0.39 is 12.0 Å². The molecule has 5 rings (SSSR count). The summed E-state index contributed by atoms with van der Waals surface area (Å²) in [5.41, 5.74) is 2.96. The number of fused-ring (bicyclic) bond motifs is 1. The Bertz CT molecular complexity index is 1920. The highest BCUT2D eigenvalue weighted by molar-refractivity contribution is 7.98. The van der Waals surface area contributed by atoms with Gasteiger partial charge in [-0.2, -0.15) is 0 Å². The van der Waals surface area contributed by atoms with E-state index >= 15 is 0 Å². The fourth-order valence-electron chi connectivity index (χ4n) is 4.84. The van der Waals surface area contributed by atoms with Gasteiger partial charge in [0.15, 0.2) is 16.3 Å². The molecule has 4 aromatic rings. The summed E-state index contributed by atoms with van der Waals surface area (Å²) in [7, 11) is 0. The highest BCUT2D eigenvalue weighted by Gasteiger charge is 2.33. The molecule has 1 aliphatic rings. The monoisotopic (exact) mass is 668 g/mol. The Morgan fingerprint density at radius 3 is 2.48 bits per heavy atom. The average molecular weight is 670 g/mol. The van der Waals surface area contributed by atoms with Crippen LogP contribution in [0.1, 0.15) is 43.5 Å². The van der Waals surface area contributed by atoms with Crippen LogP contribution in [0.2, 0.25) is 10.0 Å². The minimum Gasteiger partial charge on any atom is -0.490 e. The number of nitrogens with zero attached hydrogens (tertiary/aromatic N) is 2. The van der Waals surface area contributed by atoms with Gasteiger partial charge < -0.3 is 14.2 Å². The lowest BCUT2D eigenvalue weighted by molar-refractivity contribution is -0.139. The van der Waals surface area contributed by atoms with E-state index in [1.165, 1.54) is 11.3 Å². The van der Waals surface area contributed by atoms with Crippen LogP contribution < -0.4 is 24.4 Å². The van der Waals surface area contributed by atoms with Crippen LogP contribution in [0.15, 0.2) is 86.6 Å². The maximum absolute atomic E-state index is 14.0. The van der Waals surface area contributed by atoms with Crippen LogP contribution in [0.25, 0.3) is 6.08 Å². The van der Waals surface area contributed by atoms with Gasteiger partial charge in [-0.3, -0.25) is 9.36 Å². The van der Waals surface area contributed by atoms with Gasteiger partial charge in [-0.1, -0.05) is 58.8 Å². The lowest BCUT2D eigenvalue weighted by atomic mass is 9.96. The Hall–Kier alpha value is -3.50. The van der Waals surface area contributed by atoms with Crippen molar-refractivity contribution in [2.45, 2.75) is 38.3 Å². The van der Waals surface area contributed by atoms with Crippen LogP contribution in [0.3, 0.4) is 0 Å². The second kappa shape index (κ2) is 14.1. The number of rotatable bonds is 10. The van der Waals surface area contributed by atoms with Crippen molar-refractivity contribution in [2.24, 2.45) is 4.99 Å². The van der Waals surface area contributed by atoms with E-state index in [1.54, 1.807) is 54.5 Å². The Kier molecular flexibility index (Phi) is 10.2. The summed E-state index contributed by atoms with van der Waals surface area (Å²) in [5, 5.41) is 1.07. The molecule has 11 heteroatoms. The maximum Gasteiger partial charge on any atom is 0.338 e. The van der Waals surface area contributed by atoms with Gasteiger partial charge in [0.2, 0.25) is 0 Å². The number of allylic oxidation sites excluding steroid dienone is 1. The number of hydrogen-bond acceptors (Lipinski definition) is 8. The van der Waals surface area contributed by atoms with Gasteiger partial charge in [0.05, 0.1) is 35.1 Å². The lowest BCUT2D eigenvalue weighted by Gasteiger charge is -2.24. The molecule has 0 unspecified atom stereocenters. The topological polar surface area (TPSA) is 79.1 Å². The molecule has 3 aromatic carbocycles. The van der Waals surface area contributed by atoms with E-state index in [0.29, 0.717) is 48.8 Å². The summed E-state index contributed by atoms with van der Waals surface area (Å²) in [6, 6.07) is 17.9. The third-order valence-electron chi connectivity index (χ3n) is 6.91. The first-order chi connectivity index (χ1) is 21.2. The molecule has 0 spiro atoms. The minimum atomic E-state index is -0.669. The first kappa shape index (κ1) is 31.9. The van der Waals surface area contributed by atoms with Crippen molar-refractivity contribution < 1.29 is 19.0 Å². The summed E-state index contributed by atoms with van der Waals surface area (Å²) < 4.78 is 19.4. The molecule has 0 radical (unpaired) electrons. The zero-order valence-corrected chi connectivity index (χ0v) is 27.7. The van der Waals surface area contributed by atoms with E-state index in [-0.39, 0.29) is 18.8 Å². The molecule has 0 amide bonds. The third kappa shape index (κ3) is 6.76. The smallest absolute Gasteiger partial charge is 0.338 e. The largest absolute Gasteiger partial charge is 0.490 e. The molecule has 0 saturated heterocycles. The predicted molar refractivity (Wildman–Crippen MR) is 177 cm³/mol. The Labute approximate surface area is 273 Å². The van der Waals surface area contributed by atoms with E-state index in [1.807, 2.05) is 55.6 Å². The van der Waals surface area contributed by atoms with Gasteiger partial charge >= 0.3 is 5.97 Å². The molecule has 1 atom stereocenters. The summed E-state index contributed by atoms with van der Waals surface area (Å²) in [6.07, 6.45) is 3.79. The van der Waals surface area contributed by atoms with Crippen LogP contribution in [0.4, 0.5) is 0 Å². The standard InChI is InChI=1S/C33H30Cl2N2O5S2/c1-5-40-27-15-20(7-14-26(27)42-18-22-8-11-23(34)17-25(22)35)16-28-31(38)37-30(21-9-12-24(43-4)13-10-21)29(32(39)41-6-2)19(3)36-33(37)44-28/h7-17,30H,5-6,18H2,1-4H3/b28-16-/t30-/m1/s1. The highest BCUT2D eigenvalue weighted by Crippen LogP contribution is 2.33. The molecular weight excluding hydrogens is 639 g/mol. The number of benzene rings is 3.